The summed E-state index contributed by atoms with van der Waals surface area (Å²) >= 11 is 7.25. The number of nitrogens with one attached hydrogen (secondary N) is 1. The average molecular weight is 360 g/mol. The number of hydrogen-bond donors (Lipinski definition) is 1. The molecule has 3 rings (SSSR count). The molecule has 3 atom stereocenters. The summed E-state index contributed by atoms with van der Waals surface area (Å²) in [5.41, 5.74) is 1.21. The van der Waals surface area contributed by atoms with E-state index in [1.54, 1.807) is 0 Å². The van der Waals surface area contributed by atoms with Crippen molar-refractivity contribution < 1.29 is 0 Å². The van der Waals surface area contributed by atoms with Gasteiger partial charge in [-0.3, -0.25) is 0 Å². The van der Waals surface area contributed by atoms with Gasteiger partial charge in [-0.25, -0.2) is 0 Å². The molecule has 1 N–H and O–H groups in total. The molecule has 2 heterocycles. The van der Waals surface area contributed by atoms with Crippen molar-refractivity contribution in [3.63, 3.8) is 0 Å². The standard InChI is InChI=1S/C13H16Br2N2/c14-10-2-1-3-11(15)13(10)16-12-5-7-17-6-4-9(12)8-17/h1-3,9,12,16H,4-8H2. The maximum absolute atomic E-state index is 3.72. The zero-order valence-electron chi connectivity index (χ0n) is 9.63. The SMILES string of the molecule is Brc1cccc(Br)c1NC1CCN2CCC1C2. The minimum atomic E-state index is 0.628. The van der Waals surface area contributed by atoms with Gasteiger partial charge in [0.25, 0.3) is 0 Å². The van der Waals surface area contributed by atoms with Crippen LogP contribution in [0.1, 0.15) is 12.8 Å². The van der Waals surface area contributed by atoms with Crippen molar-refractivity contribution in [1.82, 2.24) is 4.90 Å². The van der Waals surface area contributed by atoms with Crippen LogP contribution in [-0.2, 0) is 0 Å². The van der Waals surface area contributed by atoms with Gasteiger partial charge in [0.15, 0.2) is 0 Å². The maximum atomic E-state index is 3.72. The summed E-state index contributed by atoms with van der Waals surface area (Å²) in [5, 5.41) is 3.72. The first-order valence-electron chi connectivity index (χ1n) is 6.17. The summed E-state index contributed by atoms with van der Waals surface area (Å²) in [6.07, 6.45) is 2.61. The van der Waals surface area contributed by atoms with Crippen molar-refractivity contribution in [2.45, 2.75) is 18.9 Å². The number of para-hydroxylation sites is 1. The van der Waals surface area contributed by atoms with E-state index in [1.165, 1.54) is 38.2 Å². The molecule has 0 aliphatic carbocycles. The summed E-state index contributed by atoms with van der Waals surface area (Å²) in [5.74, 6) is 0.822. The number of hydrogen-bond acceptors (Lipinski definition) is 2. The Morgan fingerprint density at radius 2 is 1.82 bits per heavy atom. The lowest BCUT2D eigenvalue weighted by atomic mass is 9.94. The number of benzene rings is 1. The molecule has 92 valence electrons. The number of anilines is 1. The van der Waals surface area contributed by atoms with Gasteiger partial charge in [0.05, 0.1) is 5.69 Å². The van der Waals surface area contributed by atoms with Crippen LogP contribution in [0.3, 0.4) is 0 Å². The molecule has 2 aliphatic rings. The molecule has 1 aromatic rings. The van der Waals surface area contributed by atoms with Crippen molar-refractivity contribution in [3.8, 4) is 0 Å². The highest BCUT2D eigenvalue weighted by Crippen LogP contribution is 2.35. The lowest BCUT2D eigenvalue weighted by Crippen LogP contribution is -2.39. The van der Waals surface area contributed by atoms with Crippen LogP contribution in [0.15, 0.2) is 27.1 Å². The predicted octanol–water partition coefficient (Wildman–Crippen LogP) is 3.72. The molecule has 0 radical (unpaired) electrons. The van der Waals surface area contributed by atoms with Gasteiger partial charge in [0, 0.05) is 28.1 Å². The number of piperidine rings is 1. The first-order chi connectivity index (χ1) is 8.24. The molecule has 2 fully saturated rings. The van der Waals surface area contributed by atoms with Crippen LogP contribution < -0.4 is 5.32 Å². The van der Waals surface area contributed by atoms with Crippen LogP contribution in [0.4, 0.5) is 5.69 Å². The summed E-state index contributed by atoms with van der Waals surface area (Å²) in [6.45, 7) is 3.82. The van der Waals surface area contributed by atoms with Crippen molar-refractivity contribution >= 4 is 37.5 Å². The molecule has 2 nitrogen and oxygen atoms in total. The Labute approximate surface area is 119 Å². The summed E-state index contributed by atoms with van der Waals surface area (Å²) in [4.78, 5) is 2.58. The molecule has 0 spiro atoms. The van der Waals surface area contributed by atoms with E-state index in [0.29, 0.717) is 6.04 Å². The molecule has 3 unspecified atom stereocenters. The first-order valence-corrected chi connectivity index (χ1v) is 7.75. The second kappa shape index (κ2) is 4.90. The zero-order valence-corrected chi connectivity index (χ0v) is 12.8. The number of halogens is 2. The van der Waals surface area contributed by atoms with E-state index in [1.807, 2.05) is 0 Å². The van der Waals surface area contributed by atoms with Gasteiger partial charge in [-0.1, -0.05) is 6.07 Å². The third-order valence-corrected chi connectivity index (χ3v) is 5.25. The molecular weight excluding hydrogens is 344 g/mol. The summed E-state index contributed by atoms with van der Waals surface area (Å²) < 4.78 is 2.29. The normalized spacial score (nSPS) is 31.5. The number of nitrogens with zero attached hydrogens (tertiary/aromatic N) is 1. The Bertz CT molecular complexity index is 402. The molecule has 2 saturated heterocycles. The smallest absolute Gasteiger partial charge is 0.0631 e. The Morgan fingerprint density at radius 1 is 1.12 bits per heavy atom. The van der Waals surface area contributed by atoms with E-state index in [9.17, 15) is 0 Å². The summed E-state index contributed by atoms with van der Waals surface area (Å²) in [7, 11) is 0. The van der Waals surface area contributed by atoms with E-state index in [-0.39, 0.29) is 0 Å². The van der Waals surface area contributed by atoms with Gasteiger partial charge in [0.2, 0.25) is 0 Å². The Balaban J connectivity index is 1.78. The Kier molecular flexibility index (Phi) is 3.46. The Hall–Kier alpha value is -0.0600. The average Bonchev–Trinajstić information content (AvgIpc) is 2.70. The molecule has 0 aromatic heterocycles. The van der Waals surface area contributed by atoms with E-state index >= 15 is 0 Å². The quantitative estimate of drug-likeness (QED) is 0.865. The topological polar surface area (TPSA) is 15.3 Å². The Morgan fingerprint density at radius 3 is 2.59 bits per heavy atom. The van der Waals surface area contributed by atoms with E-state index in [4.69, 9.17) is 0 Å². The van der Waals surface area contributed by atoms with Crippen molar-refractivity contribution in [2.24, 2.45) is 5.92 Å². The fourth-order valence-corrected chi connectivity index (χ4v) is 4.19. The molecule has 2 bridgehead atoms. The highest BCUT2D eigenvalue weighted by Gasteiger charge is 2.34. The lowest BCUT2D eigenvalue weighted by molar-refractivity contribution is 0.255. The molecular formula is C13H16Br2N2. The van der Waals surface area contributed by atoms with Crippen molar-refractivity contribution in [2.75, 3.05) is 25.0 Å². The molecule has 2 aliphatic heterocycles. The molecule has 4 heteroatoms. The highest BCUT2D eigenvalue weighted by molar-refractivity contribution is 9.11. The van der Waals surface area contributed by atoms with Gasteiger partial charge in [0.1, 0.15) is 0 Å². The van der Waals surface area contributed by atoms with Gasteiger partial charge >= 0.3 is 0 Å². The van der Waals surface area contributed by atoms with Crippen LogP contribution >= 0.6 is 31.9 Å². The van der Waals surface area contributed by atoms with Crippen LogP contribution in [0.2, 0.25) is 0 Å². The van der Waals surface area contributed by atoms with Gasteiger partial charge in [-0.15, -0.1) is 0 Å². The zero-order chi connectivity index (χ0) is 11.8. The lowest BCUT2D eigenvalue weighted by Gasteiger charge is -2.32. The van der Waals surface area contributed by atoms with Gasteiger partial charge in [-0.05, 0) is 69.3 Å². The first kappa shape index (κ1) is 12.0. The molecule has 1 aromatic carbocycles. The third-order valence-electron chi connectivity index (χ3n) is 3.93. The third kappa shape index (κ3) is 2.40. The number of fused-ring (bicyclic) bond motifs is 2. The molecule has 0 amide bonds. The summed E-state index contributed by atoms with van der Waals surface area (Å²) in [6, 6.07) is 6.87. The predicted molar refractivity (Wildman–Crippen MR) is 78.4 cm³/mol. The maximum Gasteiger partial charge on any atom is 0.0631 e. The van der Waals surface area contributed by atoms with Crippen LogP contribution in [0, 0.1) is 5.92 Å². The van der Waals surface area contributed by atoms with Crippen molar-refractivity contribution in [3.05, 3.63) is 27.1 Å². The van der Waals surface area contributed by atoms with Gasteiger partial charge in [-0.2, -0.15) is 0 Å². The van der Waals surface area contributed by atoms with Gasteiger partial charge < -0.3 is 10.2 Å². The van der Waals surface area contributed by atoms with Crippen LogP contribution in [0.5, 0.6) is 0 Å². The number of rotatable bonds is 2. The largest absolute Gasteiger partial charge is 0.380 e. The highest BCUT2D eigenvalue weighted by atomic mass is 79.9. The minimum absolute atomic E-state index is 0.628. The second-order valence-electron chi connectivity index (χ2n) is 4.99. The fraction of sp³-hybridized carbons (Fsp3) is 0.538. The fourth-order valence-electron chi connectivity index (χ4n) is 2.96. The minimum Gasteiger partial charge on any atom is -0.380 e. The van der Waals surface area contributed by atoms with E-state index in [0.717, 1.165) is 14.9 Å². The molecule has 0 saturated carbocycles. The van der Waals surface area contributed by atoms with E-state index in [2.05, 4.69) is 60.3 Å². The van der Waals surface area contributed by atoms with E-state index < -0.39 is 0 Å². The van der Waals surface area contributed by atoms with Crippen LogP contribution in [-0.4, -0.2) is 30.6 Å². The molecule has 17 heavy (non-hydrogen) atoms. The van der Waals surface area contributed by atoms with Crippen molar-refractivity contribution in [1.29, 1.82) is 0 Å². The van der Waals surface area contributed by atoms with Crippen LogP contribution in [0.25, 0.3) is 0 Å². The monoisotopic (exact) mass is 358 g/mol. The second-order valence-corrected chi connectivity index (χ2v) is 6.69.